The Morgan fingerprint density at radius 2 is 1.03 bits per heavy atom. The molecule has 2 aliphatic rings. The van der Waals surface area contributed by atoms with Crippen molar-refractivity contribution in [3.05, 3.63) is 35.1 Å². The fourth-order valence-corrected chi connectivity index (χ4v) is 6.25. The minimum absolute atomic E-state index is 0.583. The molecule has 0 bridgehead atoms. The summed E-state index contributed by atoms with van der Waals surface area (Å²) in [7, 11) is 0. The summed E-state index contributed by atoms with van der Waals surface area (Å²) < 4.78 is 39.9. The summed E-state index contributed by atoms with van der Waals surface area (Å²) in [5.41, 5.74) is 0.583. The predicted molar refractivity (Wildman–Crippen MR) is 128 cm³/mol. The Morgan fingerprint density at radius 1 is 0.594 bits per heavy atom. The van der Waals surface area contributed by atoms with Gasteiger partial charge in [-0.2, -0.15) is 0 Å². The molecule has 1 aromatic rings. The van der Waals surface area contributed by atoms with Crippen molar-refractivity contribution in [2.24, 2.45) is 23.7 Å². The molecule has 0 aromatic heterocycles. The van der Waals surface area contributed by atoms with Gasteiger partial charge in [-0.1, -0.05) is 110 Å². The maximum Gasteiger partial charge on any atom is 0.194 e. The van der Waals surface area contributed by atoms with Crippen molar-refractivity contribution in [2.75, 3.05) is 0 Å². The highest BCUT2D eigenvalue weighted by Gasteiger charge is 2.25. The highest BCUT2D eigenvalue weighted by Crippen LogP contribution is 2.38. The van der Waals surface area contributed by atoms with E-state index in [1.54, 1.807) is 0 Å². The SMILES string of the molecule is CCCCCCC[C@H]1CC[C@H](CCC2CCC(CCc3cc(F)c(F)c(F)c3)CC2)CC1. The first-order chi connectivity index (χ1) is 15.5. The summed E-state index contributed by atoms with van der Waals surface area (Å²) in [5, 5.41) is 0. The highest BCUT2D eigenvalue weighted by atomic mass is 19.2. The van der Waals surface area contributed by atoms with Crippen molar-refractivity contribution in [2.45, 2.75) is 122 Å². The van der Waals surface area contributed by atoms with E-state index < -0.39 is 17.5 Å². The zero-order valence-electron chi connectivity index (χ0n) is 20.3. The molecule has 2 aliphatic carbocycles. The summed E-state index contributed by atoms with van der Waals surface area (Å²) in [6.07, 6.45) is 23.9. The molecule has 3 heteroatoms. The van der Waals surface area contributed by atoms with E-state index in [-0.39, 0.29) is 0 Å². The molecule has 32 heavy (non-hydrogen) atoms. The molecule has 182 valence electrons. The number of aryl methyl sites for hydroxylation is 1. The molecule has 2 fully saturated rings. The minimum Gasteiger partial charge on any atom is -0.204 e. The molecule has 0 amide bonds. The van der Waals surface area contributed by atoms with Crippen LogP contribution in [0.15, 0.2) is 12.1 Å². The van der Waals surface area contributed by atoms with E-state index in [2.05, 4.69) is 6.92 Å². The van der Waals surface area contributed by atoms with Crippen LogP contribution in [0.3, 0.4) is 0 Å². The highest BCUT2D eigenvalue weighted by molar-refractivity contribution is 5.19. The molecule has 0 aliphatic heterocycles. The zero-order chi connectivity index (χ0) is 22.8. The van der Waals surface area contributed by atoms with E-state index in [4.69, 9.17) is 0 Å². The fraction of sp³-hybridized carbons (Fsp3) is 0.793. The molecule has 0 nitrogen and oxygen atoms in total. The molecule has 3 rings (SSSR count). The molecule has 2 saturated carbocycles. The Labute approximate surface area is 194 Å². The molecule has 0 N–H and O–H groups in total. The topological polar surface area (TPSA) is 0 Å². The van der Waals surface area contributed by atoms with Crippen LogP contribution >= 0.6 is 0 Å². The van der Waals surface area contributed by atoms with E-state index in [1.807, 2.05) is 0 Å². The average molecular weight is 451 g/mol. The van der Waals surface area contributed by atoms with Crippen LogP contribution in [0.2, 0.25) is 0 Å². The van der Waals surface area contributed by atoms with Gasteiger partial charge < -0.3 is 0 Å². The van der Waals surface area contributed by atoms with Gasteiger partial charge in [0.15, 0.2) is 17.5 Å². The fourth-order valence-electron chi connectivity index (χ4n) is 6.25. The quantitative estimate of drug-likeness (QED) is 0.219. The second-order valence-electron chi connectivity index (χ2n) is 11.0. The van der Waals surface area contributed by atoms with Crippen molar-refractivity contribution in [3.8, 4) is 0 Å². The number of rotatable bonds is 12. The normalized spacial score (nSPS) is 26.4. The third-order valence-corrected chi connectivity index (χ3v) is 8.52. The van der Waals surface area contributed by atoms with Gasteiger partial charge in [-0.3, -0.25) is 0 Å². The second kappa shape index (κ2) is 13.7. The zero-order valence-corrected chi connectivity index (χ0v) is 20.3. The molecule has 0 saturated heterocycles. The molecule has 1 aromatic carbocycles. The van der Waals surface area contributed by atoms with Crippen LogP contribution in [-0.2, 0) is 6.42 Å². The standard InChI is InChI=1S/C29H45F3/c1-2-3-4-5-6-7-22-8-10-23(11-9-22)12-13-24-14-16-25(17-15-24)18-19-26-20-27(30)29(32)28(31)21-26/h20-25H,2-19H2,1H3/t22-,23-,24?,25?. The van der Waals surface area contributed by atoms with E-state index in [9.17, 15) is 13.2 Å². The Morgan fingerprint density at radius 3 is 1.53 bits per heavy atom. The van der Waals surface area contributed by atoms with Crippen LogP contribution in [0, 0.1) is 41.1 Å². The summed E-state index contributed by atoms with van der Waals surface area (Å²) in [4.78, 5) is 0. The summed E-state index contributed by atoms with van der Waals surface area (Å²) in [6.45, 7) is 2.29. The summed E-state index contributed by atoms with van der Waals surface area (Å²) >= 11 is 0. The van der Waals surface area contributed by atoms with Crippen molar-refractivity contribution < 1.29 is 13.2 Å². The van der Waals surface area contributed by atoms with Crippen LogP contribution in [0.25, 0.3) is 0 Å². The number of halogens is 3. The van der Waals surface area contributed by atoms with E-state index >= 15 is 0 Å². The summed E-state index contributed by atoms with van der Waals surface area (Å²) in [5.74, 6) is 0.0109. The Hall–Kier alpha value is -0.990. The smallest absolute Gasteiger partial charge is 0.194 e. The maximum atomic E-state index is 13.4. The third-order valence-electron chi connectivity index (χ3n) is 8.52. The first kappa shape index (κ1) is 25.6. The van der Waals surface area contributed by atoms with Gasteiger partial charge in [-0.15, -0.1) is 0 Å². The number of unbranched alkanes of at least 4 members (excludes halogenated alkanes) is 4. The third kappa shape index (κ3) is 8.41. The van der Waals surface area contributed by atoms with Gasteiger partial charge in [0.25, 0.3) is 0 Å². The van der Waals surface area contributed by atoms with Gasteiger partial charge in [0, 0.05) is 0 Å². The Balaban J connectivity index is 1.24. The van der Waals surface area contributed by atoms with E-state index in [1.165, 1.54) is 103 Å². The number of hydrogen-bond donors (Lipinski definition) is 0. The predicted octanol–water partition coefficient (Wildman–Crippen LogP) is 9.79. The Kier molecular flexibility index (Phi) is 10.9. The van der Waals surface area contributed by atoms with Gasteiger partial charge in [-0.05, 0) is 54.2 Å². The number of hydrogen-bond acceptors (Lipinski definition) is 0. The number of benzene rings is 1. The molecule has 0 radical (unpaired) electrons. The van der Waals surface area contributed by atoms with Crippen molar-refractivity contribution in [1.29, 1.82) is 0 Å². The Bertz CT molecular complexity index is 631. The lowest BCUT2D eigenvalue weighted by Gasteiger charge is -2.32. The van der Waals surface area contributed by atoms with Crippen LogP contribution in [0.4, 0.5) is 13.2 Å². The first-order valence-corrected chi connectivity index (χ1v) is 13.7. The van der Waals surface area contributed by atoms with Gasteiger partial charge in [-0.25, -0.2) is 13.2 Å². The molecule has 0 heterocycles. The van der Waals surface area contributed by atoms with Gasteiger partial charge in [0.05, 0.1) is 0 Å². The second-order valence-corrected chi connectivity index (χ2v) is 11.0. The molecule has 0 atom stereocenters. The van der Waals surface area contributed by atoms with Crippen molar-refractivity contribution in [1.82, 2.24) is 0 Å². The molecular formula is C29H45F3. The maximum absolute atomic E-state index is 13.4. The minimum atomic E-state index is -1.36. The van der Waals surface area contributed by atoms with Crippen LogP contribution in [0.5, 0.6) is 0 Å². The van der Waals surface area contributed by atoms with Crippen molar-refractivity contribution >= 4 is 0 Å². The van der Waals surface area contributed by atoms with Crippen LogP contribution in [-0.4, -0.2) is 0 Å². The van der Waals surface area contributed by atoms with Crippen LogP contribution < -0.4 is 0 Å². The van der Waals surface area contributed by atoms with Gasteiger partial charge in [0.1, 0.15) is 0 Å². The largest absolute Gasteiger partial charge is 0.204 e. The van der Waals surface area contributed by atoms with Gasteiger partial charge in [0.2, 0.25) is 0 Å². The lowest BCUT2D eigenvalue weighted by molar-refractivity contribution is 0.208. The molecule has 0 unspecified atom stereocenters. The van der Waals surface area contributed by atoms with Crippen molar-refractivity contribution in [3.63, 3.8) is 0 Å². The van der Waals surface area contributed by atoms with Crippen LogP contribution in [0.1, 0.15) is 122 Å². The monoisotopic (exact) mass is 450 g/mol. The lowest BCUT2D eigenvalue weighted by Crippen LogP contribution is -2.18. The molecule has 0 spiro atoms. The average Bonchev–Trinajstić information content (AvgIpc) is 2.81. The van der Waals surface area contributed by atoms with Gasteiger partial charge >= 0.3 is 0 Å². The van der Waals surface area contributed by atoms with E-state index in [0.29, 0.717) is 17.9 Å². The first-order valence-electron chi connectivity index (χ1n) is 13.7. The summed E-state index contributed by atoms with van der Waals surface area (Å²) in [6, 6.07) is 2.32. The lowest BCUT2D eigenvalue weighted by atomic mass is 9.74. The molecular weight excluding hydrogens is 405 g/mol. The van der Waals surface area contributed by atoms with E-state index in [0.717, 1.165) is 36.3 Å².